The average molecular weight is 748 g/mol. The summed E-state index contributed by atoms with van der Waals surface area (Å²) in [4.78, 5) is 13.3. The van der Waals surface area contributed by atoms with E-state index in [-0.39, 0.29) is 33.8 Å². The number of aromatic hydroxyl groups is 7. The van der Waals surface area contributed by atoms with Gasteiger partial charge in [0.2, 0.25) is 12.0 Å². The second-order valence-corrected chi connectivity index (χ2v) is 12.4. The van der Waals surface area contributed by atoms with Gasteiger partial charge in [-0.05, 0) is 31.2 Å². The van der Waals surface area contributed by atoms with Gasteiger partial charge in [-0.25, -0.2) is 9.21 Å². The summed E-state index contributed by atoms with van der Waals surface area (Å²) < 4.78 is 34.4. The van der Waals surface area contributed by atoms with Crippen LogP contribution in [0.1, 0.15) is 17.3 Å². The van der Waals surface area contributed by atoms with Crippen molar-refractivity contribution in [2.24, 2.45) is 0 Å². The summed E-state index contributed by atoms with van der Waals surface area (Å²) in [5.74, 6) is -6.55. The van der Waals surface area contributed by atoms with Crippen LogP contribution in [0.5, 0.6) is 46.0 Å². The zero-order valence-corrected chi connectivity index (χ0v) is 27.3. The minimum atomic E-state index is -2.06. The van der Waals surface area contributed by atoms with Crippen molar-refractivity contribution in [1.29, 1.82) is 0 Å². The number of hydrogen-bond acceptors (Lipinski definition) is 18. The summed E-state index contributed by atoms with van der Waals surface area (Å²) in [7, 11) is 0. The number of ether oxygens (including phenoxy) is 5. The third kappa shape index (κ3) is 7.32. The molecule has 2 saturated heterocycles. The minimum Gasteiger partial charge on any atom is -0.507 e. The summed E-state index contributed by atoms with van der Waals surface area (Å²) in [6.07, 6.45) is -16.8. The number of carbonyl (C=O) groups excluding carboxylic acids is 1. The third-order valence-electron chi connectivity index (χ3n) is 8.72. The highest BCUT2D eigenvalue weighted by atomic mass is 16.7. The summed E-state index contributed by atoms with van der Waals surface area (Å²) >= 11 is 0. The van der Waals surface area contributed by atoms with Gasteiger partial charge < -0.3 is 85.0 Å². The van der Waals surface area contributed by atoms with Crippen molar-refractivity contribution in [3.63, 3.8) is 0 Å². The molecule has 3 aromatic carbocycles. The molecule has 10 atom stereocenters. The highest BCUT2D eigenvalue weighted by Gasteiger charge is 2.50. The molecule has 19 heteroatoms. The van der Waals surface area contributed by atoms with E-state index in [1.165, 1.54) is 19.1 Å². The van der Waals surface area contributed by atoms with E-state index in [4.69, 9.17) is 28.1 Å². The van der Waals surface area contributed by atoms with Gasteiger partial charge in [-0.2, -0.15) is 0 Å². The normalized spacial score (nSPS) is 28.8. The Morgan fingerprint density at radius 2 is 1.42 bits per heavy atom. The van der Waals surface area contributed by atoms with Crippen LogP contribution in [0.4, 0.5) is 0 Å². The number of fused-ring (bicyclic) bond motifs is 1. The molecule has 0 bridgehead atoms. The number of esters is 1. The highest BCUT2D eigenvalue weighted by molar-refractivity contribution is 5.91. The predicted octanol–water partition coefficient (Wildman–Crippen LogP) is 0.215. The van der Waals surface area contributed by atoms with Gasteiger partial charge in [-0.15, -0.1) is 0 Å². The monoisotopic (exact) mass is 747 g/mol. The maximum Gasteiger partial charge on any atom is 0.402 e. The Bertz CT molecular complexity index is 1980. The fourth-order valence-corrected chi connectivity index (χ4v) is 5.78. The van der Waals surface area contributed by atoms with Gasteiger partial charge in [0.1, 0.15) is 53.5 Å². The fourth-order valence-electron chi connectivity index (χ4n) is 5.78. The van der Waals surface area contributed by atoms with E-state index in [0.717, 1.165) is 36.4 Å². The zero-order chi connectivity index (χ0) is 38.5. The molecule has 0 unspecified atom stereocenters. The van der Waals surface area contributed by atoms with E-state index in [2.05, 4.69) is 0 Å². The third-order valence-corrected chi connectivity index (χ3v) is 8.72. The second-order valence-electron chi connectivity index (χ2n) is 12.4. The molecule has 53 heavy (non-hydrogen) atoms. The molecule has 12 N–H and O–H groups in total. The largest absolute Gasteiger partial charge is 0.507 e. The van der Waals surface area contributed by atoms with E-state index in [0.29, 0.717) is 0 Å². The number of hydrogen-bond donors (Lipinski definition) is 12. The molecule has 19 nitrogen and oxygen atoms in total. The first-order valence-corrected chi connectivity index (χ1v) is 15.8. The molecule has 0 spiro atoms. The first-order chi connectivity index (χ1) is 25.0. The van der Waals surface area contributed by atoms with E-state index in [1.54, 1.807) is 0 Å². The van der Waals surface area contributed by atoms with E-state index in [1.807, 2.05) is 0 Å². The first kappa shape index (κ1) is 37.4. The van der Waals surface area contributed by atoms with Crippen LogP contribution in [0, 0.1) is 0 Å². The molecule has 0 aliphatic carbocycles. The van der Waals surface area contributed by atoms with Gasteiger partial charge >= 0.3 is 17.3 Å². The van der Waals surface area contributed by atoms with Gasteiger partial charge in [0.25, 0.3) is 0 Å². The molecule has 4 aromatic rings. The zero-order valence-electron chi connectivity index (χ0n) is 27.3. The predicted molar refractivity (Wildman–Crippen MR) is 173 cm³/mol. The van der Waals surface area contributed by atoms with Crippen molar-refractivity contribution in [2.75, 3.05) is 6.61 Å². The van der Waals surface area contributed by atoms with Crippen molar-refractivity contribution in [3.8, 4) is 57.3 Å². The molecule has 0 amide bonds. The van der Waals surface area contributed by atoms with Crippen LogP contribution < -0.4 is 4.74 Å². The van der Waals surface area contributed by atoms with Crippen molar-refractivity contribution in [1.82, 2.24) is 0 Å². The molecule has 3 heterocycles. The smallest absolute Gasteiger partial charge is 0.402 e. The lowest BCUT2D eigenvalue weighted by atomic mass is 9.98. The number of aliphatic hydroxyl groups is 5. The number of carbonyl (C=O) groups is 1. The van der Waals surface area contributed by atoms with Crippen molar-refractivity contribution in [2.45, 2.75) is 68.3 Å². The summed E-state index contributed by atoms with van der Waals surface area (Å²) in [5.41, 5.74) is -0.558. The SMILES string of the molecule is C[C@@H]1O[C@@H](OC[C@H]2O[C@@H](Oc3cc4c(O)cc(O)cc4[o+]c3-c3ccc(O)c(O)c3)[C@H](OC(=O)c3cc(O)c(O)c(O)c3)[C@@H](O)[C@H]2O)[C@H](O)[C@H](O)[C@H]1O. The van der Waals surface area contributed by atoms with E-state index in [9.17, 15) is 66.1 Å². The highest BCUT2D eigenvalue weighted by Crippen LogP contribution is 2.43. The fraction of sp³-hybridized carbons (Fsp3) is 0.353. The molecule has 2 aliphatic rings. The van der Waals surface area contributed by atoms with E-state index < -0.39 is 114 Å². The lowest BCUT2D eigenvalue weighted by molar-refractivity contribution is -0.318. The molecule has 284 valence electrons. The summed E-state index contributed by atoms with van der Waals surface area (Å²) in [6.45, 7) is 0.734. The van der Waals surface area contributed by atoms with Crippen molar-refractivity contribution < 1.29 is 94.2 Å². The molecule has 0 saturated carbocycles. The Morgan fingerprint density at radius 3 is 2.09 bits per heavy atom. The number of rotatable bonds is 8. The topological polar surface area (TPSA) is 317 Å². The van der Waals surface area contributed by atoms with Crippen LogP contribution in [0.15, 0.2) is 52.9 Å². The molecule has 6 rings (SSSR count). The number of benzene rings is 3. The number of aliphatic hydroxyl groups excluding tert-OH is 5. The summed E-state index contributed by atoms with van der Waals surface area (Å²) in [6, 6.07) is 8.33. The van der Waals surface area contributed by atoms with Crippen LogP contribution >= 0.6 is 0 Å². The number of phenolic OH excluding ortho intramolecular Hbond substituents is 7. The van der Waals surface area contributed by atoms with Gasteiger partial charge in [0.05, 0.1) is 29.9 Å². The molecular weight excluding hydrogens is 712 g/mol. The lowest BCUT2D eigenvalue weighted by Gasteiger charge is -2.43. The molecule has 2 aliphatic heterocycles. The van der Waals surface area contributed by atoms with Crippen LogP contribution in [0.3, 0.4) is 0 Å². The van der Waals surface area contributed by atoms with Crippen LogP contribution in [-0.2, 0) is 18.9 Å². The number of phenols is 7. The molecular formula is C34H35O19+. The Morgan fingerprint density at radius 1 is 0.717 bits per heavy atom. The Hall–Kier alpha value is -5.38. The minimum absolute atomic E-state index is 0.0392. The second kappa shape index (κ2) is 14.6. The molecule has 0 radical (unpaired) electrons. The van der Waals surface area contributed by atoms with Crippen molar-refractivity contribution in [3.05, 3.63) is 54.1 Å². The van der Waals surface area contributed by atoms with Crippen LogP contribution in [0.25, 0.3) is 22.3 Å². The summed E-state index contributed by atoms with van der Waals surface area (Å²) in [5, 5.41) is 123. The van der Waals surface area contributed by atoms with E-state index >= 15 is 0 Å². The van der Waals surface area contributed by atoms with Gasteiger partial charge in [0, 0.05) is 18.2 Å². The van der Waals surface area contributed by atoms with Crippen molar-refractivity contribution >= 4 is 16.9 Å². The van der Waals surface area contributed by atoms with Gasteiger partial charge in [0.15, 0.2) is 41.1 Å². The Labute approximate surface area is 297 Å². The standard InChI is InChI=1S/C34H34O19/c1-11-24(41)27(44)29(46)33(49-11)48-10-23-26(43)28(45)31(53-32(47)13-5-19(39)25(42)20(40)6-13)34(52-23)51-22-9-15-17(37)7-14(35)8-21(15)50-30(22)12-2-3-16(36)18(38)4-12/h2-9,11,23-24,26-29,31,33-34,41,43-46H,10H2,1H3,(H6-,35,36,37,38,39,40,42,47)/p+1/t11-,23+,24-,26-,27+,28-,29+,31+,33+,34+/m0/s1. The quantitative estimate of drug-likeness (QED) is 0.0651. The van der Waals surface area contributed by atoms with Crippen LogP contribution in [-0.4, -0.2) is 135 Å². The maximum atomic E-state index is 13.3. The Kier molecular flexibility index (Phi) is 10.3. The van der Waals surface area contributed by atoms with Gasteiger partial charge in [-0.3, -0.25) is 0 Å². The average Bonchev–Trinajstić information content (AvgIpc) is 3.11. The lowest BCUT2D eigenvalue weighted by Crippen LogP contribution is -2.62. The van der Waals surface area contributed by atoms with Crippen LogP contribution in [0.2, 0.25) is 0 Å². The molecule has 2 fully saturated rings. The Balaban J connectivity index is 1.38. The molecule has 1 aromatic heterocycles. The maximum absolute atomic E-state index is 13.3. The first-order valence-electron chi connectivity index (χ1n) is 15.8. The van der Waals surface area contributed by atoms with Gasteiger partial charge in [-0.1, -0.05) is 0 Å².